The molecule has 0 radical (unpaired) electrons. The van der Waals surface area contributed by atoms with Crippen molar-refractivity contribution in [2.24, 2.45) is 5.92 Å². The van der Waals surface area contributed by atoms with E-state index >= 15 is 0 Å². The van der Waals surface area contributed by atoms with Crippen LogP contribution in [0.4, 0.5) is 0 Å². The number of aromatic nitrogens is 2. The third-order valence-corrected chi connectivity index (χ3v) is 7.62. The zero-order valence-corrected chi connectivity index (χ0v) is 22.5. The number of carbonyl (C=O) groups excluding carboxylic acids is 1. The van der Waals surface area contributed by atoms with Crippen LogP contribution < -0.4 is 20.5 Å². The maximum absolute atomic E-state index is 13.1. The van der Waals surface area contributed by atoms with Crippen molar-refractivity contribution >= 4 is 29.1 Å². The second-order valence-electron chi connectivity index (χ2n) is 9.54. The van der Waals surface area contributed by atoms with Gasteiger partial charge in [-0.15, -0.1) is 0 Å². The molecule has 0 spiro atoms. The summed E-state index contributed by atoms with van der Waals surface area (Å²) in [5.74, 6) is 0.511. The van der Waals surface area contributed by atoms with Gasteiger partial charge in [0.05, 0.1) is 29.9 Å². The number of piperidine rings is 1. The molecule has 11 heteroatoms. The maximum atomic E-state index is 13.1. The molecule has 1 N–H and O–H groups in total. The zero-order chi connectivity index (χ0) is 25.8. The van der Waals surface area contributed by atoms with Crippen LogP contribution in [-0.4, -0.2) is 72.5 Å². The molecular formula is C25H34Cl2N4O5. The number of fused-ring (bicyclic) bond motifs is 1. The van der Waals surface area contributed by atoms with Gasteiger partial charge in [-0.1, -0.05) is 23.2 Å². The molecule has 2 atom stereocenters. The van der Waals surface area contributed by atoms with E-state index in [0.717, 1.165) is 26.1 Å². The van der Waals surface area contributed by atoms with Crippen molar-refractivity contribution in [2.75, 3.05) is 46.5 Å². The van der Waals surface area contributed by atoms with Gasteiger partial charge in [-0.05, 0) is 32.9 Å². The highest BCUT2D eigenvalue weighted by Gasteiger charge is 2.31. The fourth-order valence-electron chi connectivity index (χ4n) is 4.73. The second kappa shape index (κ2) is 11.9. The normalized spacial score (nSPS) is 20.4. The fraction of sp³-hybridized carbons (Fsp3) is 0.600. The van der Waals surface area contributed by atoms with Crippen molar-refractivity contribution in [3.8, 4) is 11.5 Å². The Labute approximate surface area is 221 Å². The summed E-state index contributed by atoms with van der Waals surface area (Å²) >= 11 is 12.6. The molecule has 2 aliphatic rings. The average molecular weight is 541 g/mol. The maximum Gasteiger partial charge on any atom is 0.328 e. The highest BCUT2D eigenvalue weighted by Crippen LogP contribution is 2.44. The Morgan fingerprint density at radius 2 is 1.94 bits per heavy atom. The number of amides is 1. The van der Waals surface area contributed by atoms with Crippen molar-refractivity contribution in [1.82, 2.24) is 19.4 Å². The van der Waals surface area contributed by atoms with E-state index in [0.29, 0.717) is 49.8 Å². The Morgan fingerprint density at radius 3 is 2.64 bits per heavy atom. The van der Waals surface area contributed by atoms with Crippen LogP contribution in [0.3, 0.4) is 0 Å². The first-order valence-corrected chi connectivity index (χ1v) is 13.1. The SMILES string of the molecule is CO[C@@H]1CN(CCn2ccn(C(C)C)c2=O)CC[C@H]1CNC(=O)c1cc(Cl)c(Cl)c2c1OCCCO2. The summed E-state index contributed by atoms with van der Waals surface area (Å²) in [7, 11) is 1.69. The van der Waals surface area contributed by atoms with Crippen molar-refractivity contribution in [1.29, 1.82) is 0 Å². The standard InChI is InChI=1S/C25H34Cl2N4O5/c1-16(2)31-10-9-30(25(31)33)8-7-29-6-5-17(20(15-29)34-3)14-28-24(32)18-13-19(26)21(27)23-22(18)35-11-4-12-36-23/h9-10,13,16-17,20H,4-8,11-12,14-15H2,1-3H3,(H,28,32)/t17-,20+/m0/s1. The number of ether oxygens (including phenoxy) is 3. The van der Waals surface area contributed by atoms with Crippen LogP contribution in [0.25, 0.3) is 0 Å². The van der Waals surface area contributed by atoms with Crippen LogP contribution in [0, 0.1) is 5.92 Å². The Balaban J connectivity index is 1.34. The number of carbonyl (C=O) groups is 1. The molecule has 1 amide bonds. The molecule has 198 valence electrons. The molecule has 9 nitrogen and oxygen atoms in total. The number of rotatable bonds is 8. The molecular weight excluding hydrogens is 507 g/mol. The van der Waals surface area contributed by atoms with Gasteiger partial charge in [-0.25, -0.2) is 4.79 Å². The molecule has 1 fully saturated rings. The van der Waals surface area contributed by atoms with E-state index in [1.54, 1.807) is 16.2 Å². The van der Waals surface area contributed by atoms with Crippen molar-refractivity contribution in [2.45, 2.75) is 45.4 Å². The number of likely N-dealkylation sites (tertiary alicyclic amines) is 1. The highest BCUT2D eigenvalue weighted by atomic mass is 35.5. The van der Waals surface area contributed by atoms with E-state index in [4.69, 9.17) is 37.4 Å². The lowest BCUT2D eigenvalue weighted by Gasteiger charge is -2.37. The first-order chi connectivity index (χ1) is 17.3. The lowest BCUT2D eigenvalue weighted by molar-refractivity contribution is -0.0112. The number of hydrogen-bond acceptors (Lipinski definition) is 6. The van der Waals surface area contributed by atoms with Crippen LogP contribution in [0.5, 0.6) is 11.5 Å². The zero-order valence-electron chi connectivity index (χ0n) is 21.0. The van der Waals surface area contributed by atoms with Crippen molar-refractivity contribution in [3.63, 3.8) is 0 Å². The molecule has 36 heavy (non-hydrogen) atoms. The minimum atomic E-state index is -0.290. The summed E-state index contributed by atoms with van der Waals surface area (Å²) in [4.78, 5) is 27.9. The Bertz CT molecular complexity index is 1130. The first kappa shape index (κ1) is 26.9. The van der Waals surface area contributed by atoms with Gasteiger partial charge in [-0.2, -0.15) is 0 Å². The third-order valence-electron chi connectivity index (χ3n) is 6.85. The second-order valence-corrected chi connectivity index (χ2v) is 10.3. The van der Waals surface area contributed by atoms with Gasteiger partial charge in [-0.3, -0.25) is 18.8 Å². The minimum Gasteiger partial charge on any atom is -0.489 e. The van der Waals surface area contributed by atoms with Gasteiger partial charge in [0.25, 0.3) is 5.91 Å². The highest BCUT2D eigenvalue weighted by molar-refractivity contribution is 6.43. The molecule has 2 aromatic rings. The monoisotopic (exact) mass is 540 g/mol. The van der Waals surface area contributed by atoms with Crippen LogP contribution >= 0.6 is 23.2 Å². The molecule has 1 saturated heterocycles. The van der Waals surface area contributed by atoms with E-state index in [1.165, 1.54) is 6.07 Å². The summed E-state index contributed by atoms with van der Waals surface area (Å²) in [5.41, 5.74) is 0.326. The molecule has 1 aromatic heterocycles. The average Bonchev–Trinajstić information content (AvgIpc) is 3.07. The molecule has 0 bridgehead atoms. The number of imidazole rings is 1. The lowest BCUT2D eigenvalue weighted by Crippen LogP contribution is -2.49. The number of hydrogen-bond donors (Lipinski definition) is 1. The van der Waals surface area contributed by atoms with Crippen LogP contribution in [-0.2, 0) is 11.3 Å². The number of nitrogens with one attached hydrogen (secondary N) is 1. The number of halogens is 2. The van der Waals surface area contributed by atoms with Gasteiger partial charge < -0.3 is 19.5 Å². The predicted octanol–water partition coefficient (Wildman–Crippen LogP) is 3.47. The molecule has 2 aliphatic heterocycles. The molecule has 4 rings (SSSR count). The molecule has 1 aromatic carbocycles. The number of nitrogens with zero attached hydrogens (tertiary/aromatic N) is 3. The molecule has 0 aliphatic carbocycles. The van der Waals surface area contributed by atoms with E-state index in [1.807, 2.05) is 26.2 Å². The summed E-state index contributed by atoms with van der Waals surface area (Å²) in [6, 6.07) is 1.66. The summed E-state index contributed by atoms with van der Waals surface area (Å²) in [6.07, 6.45) is 5.19. The largest absolute Gasteiger partial charge is 0.489 e. The van der Waals surface area contributed by atoms with Gasteiger partial charge in [0, 0.05) is 64.1 Å². The Morgan fingerprint density at radius 1 is 1.19 bits per heavy atom. The van der Waals surface area contributed by atoms with E-state index < -0.39 is 0 Å². The number of benzene rings is 1. The predicted molar refractivity (Wildman–Crippen MR) is 139 cm³/mol. The van der Waals surface area contributed by atoms with Crippen molar-refractivity contribution < 1.29 is 19.0 Å². The van der Waals surface area contributed by atoms with Gasteiger partial charge in [0.15, 0.2) is 11.5 Å². The molecule has 3 heterocycles. The third kappa shape index (κ3) is 5.85. The Hall–Kier alpha value is -2.20. The van der Waals surface area contributed by atoms with Gasteiger partial charge >= 0.3 is 5.69 Å². The van der Waals surface area contributed by atoms with Gasteiger partial charge in [0.2, 0.25) is 0 Å². The minimum absolute atomic E-state index is 0.0143. The topological polar surface area (TPSA) is 87.0 Å². The van der Waals surface area contributed by atoms with Crippen LogP contribution in [0.2, 0.25) is 10.0 Å². The molecule has 0 unspecified atom stereocenters. The number of methoxy groups -OCH3 is 1. The lowest BCUT2D eigenvalue weighted by atomic mass is 9.93. The summed E-state index contributed by atoms with van der Waals surface area (Å²) in [6.45, 7) is 8.30. The summed E-state index contributed by atoms with van der Waals surface area (Å²) in [5, 5.41) is 3.52. The van der Waals surface area contributed by atoms with E-state index in [-0.39, 0.29) is 39.7 Å². The van der Waals surface area contributed by atoms with Crippen LogP contribution in [0.1, 0.15) is 43.1 Å². The smallest absolute Gasteiger partial charge is 0.328 e. The fourth-order valence-corrected chi connectivity index (χ4v) is 5.12. The Kier molecular flexibility index (Phi) is 8.87. The van der Waals surface area contributed by atoms with E-state index in [9.17, 15) is 9.59 Å². The molecule has 0 saturated carbocycles. The van der Waals surface area contributed by atoms with E-state index in [2.05, 4.69) is 10.2 Å². The quantitative estimate of drug-likeness (QED) is 0.551. The van der Waals surface area contributed by atoms with Crippen LogP contribution in [0.15, 0.2) is 23.3 Å². The van der Waals surface area contributed by atoms with Gasteiger partial charge in [0.1, 0.15) is 5.02 Å². The first-order valence-electron chi connectivity index (χ1n) is 12.4. The van der Waals surface area contributed by atoms with Crippen molar-refractivity contribution in [3.05, 3.63) is 44.6 Å². The summed E-state index contributed by atoms with van der Waals surface area (Å²) < 4.78 is 20.7.